The zero-order valence-corrected chi connectivity index (χ0v) is 14.0. The van der Waals surface area contributed by atoms with Crippen molar-refractivity contribution in [3.8, 4) is 0 Å². The van der Waals surface area contributed by atoms with E-state index in [0.717, 1.165) is 11.3 Å². The van der Waals surface area contributed by atoms with Crippen molar-refractivity contribution in [2.24, 2.45) is 11.7 Å². The molecule has 1 amide bonds. The zero-order valence-electron chi connectivity index (χ0n) is 14.0. The lowest BCUT2D eigenvalue weighted by Gasteiger charge is -2.20. The van der Waals surface area contributed by atoms with Gasteiger partial charge in [0.1, 0.15) is 0 Å². The lowest BCUT2D eigenvalue weighted by Crippen LogP contribution is -2.24. The first-order valence-electron chi connectivity index (χ1n) is 8.15. The Kier molecular flexibility index (Phi) is 4.53. The van der Waals surface area contributed by atoms with E-state index >= 15 is 0 Å². The van der Waals surface area contributed by atoms with Gasteiger partial charge in [-0.15, -0.1) is 0 Å². The number of nitrogens with zero attached hydrogens (tertiary/aromatic N) is 4. The topological polar surface area (TPSA) is 97.3 Å². The van der Waals surface area contributed by atoms with Crippen LogP contribution in [0.15, 0.2) is 30.9 Å². The summed E-state index contributed by atoms with van der Waals surface area (Å²) in [4.78, 5) is 17.7. The maximum atomic E-state index is 11.7. The van der Waals surface area contributed by atoms with Crippen LogP contribution in [0, 0.1) is 5.92 Å². The van der Waals surface area contributed by atoms with Crippen molar-refractivity contribution in [3.63, 3.8) is 0 Å². The van der Waals surface area contributed by atoms with E-state index in [4.69, 9.17) is 5.73 Å². The number of hydrogen-bond acceptors (Lipinski definition) is 5. The Balaban J connectivity index is 1.88. The molecule has 0 aromatic carbocycles. The fourth-order valence-corrected chi connectivity index (χ4v) is 3.31. The maximum Gasteiger partial charge on any atom is 0.252 e. The van der Waals surface area contributed by atoms with E-state index < -0.39 is 5.91 Å². The van der Waals surface area contributed by atoms with Gasteiger partial charge >= 0.3 is 0 Å². The van der Waals surface area contributed by atoms with Gasteiger partial charge in [0.15, 0.2) is 0 Å². The summed E-state index contributed by atoms with van der Waals surface area (Å²) in [5, 5.41) is 14.2. The molecule has 0 radical (unpaired) electrons. The lowest BCUT2D eigenvalue weighted by atomic mass is 9.92. The van der Waals surface area contributed by atoms with E-state index in [2.05, 4.69) is 28.8 Å². The summed E-state index contributed by atoms with van der Waals surface area (Å²) in [7, 11) is 0. The molecule has 0 saturated carbocycles. The Bertz CT molecular complexity index is 727. The quantitative estimate of drug-likeness (QED) is 0.858. The van der Waals surface area contributed by atoms with Gasteiger partial charge in [-0.3, -0.25) is 14.5 Å². The van der Waals surface area contributed by atoms with Gasteiger partial charge in [0.25, 0.3) is 5.91 Å². The van der Waals surface area contributed by atoms with Gasteiger partial charge in [-0.1, -0.05) is 0 Å². The summed E-state index contributed by atoms with van der Waals surface area (Å²) in [5.74, 6) is -0.241. The van der Waals surface area contributed by atoms with Crippen molar-refractivity contribution in [1.82, 2.24) is 14.8 Å². The molecule has 1 aliphatic rings. The molecule has 0 spiro atoms. The number of primary amides is 1. The molecule has 128 valence electrons. The Hall–Kier alpha value is -2.41. The van der Waals surface area contributed by atoms with Crippen LogP contribution in [0.2, 0.25) is 0 Å². The van der Waals surface area contributed by atoms with Crippen LogP contribution in [0.5, 0.6) is 0 Å². The van der Waals surface area contributed by atoms with E-state index in [9.17, 15) is 9.90 Å². The molecule has 1 fully saturated rings. The number of aromatic nitrogens is 3. The molecular weight excluding hydrogens is 306 g/mol. The van der Waals surface area contributed by atoms with E-state index in [1.54, 1.807) is 12.3 Å². The minimum atomic E-state index is -0.491. The van der Waals surface area contributed by atoms with Gasteiger partial charge in [0.05, 0.1) is 17.4 Å². The molecule has 24 heavy (non-hydrogen) atoms. The highest BCUT2D eigenvalue weighted by molar-refractivity contribution is 5.98. The van der Waals surface area contributed by atoms with Crippen molar-refractivity contribution in [2.45, 2.75) is 25.8 Å². The molecule has 3 heterocycles. The second-order valence-corrected chi connectivity index (χ2v) is 6.56. The molecule has 3 N–H and O–H groups in total. The maximum absolute atomic E-state index is 11.7. The fraction of sp³-hybridized carbons (Fsp3) is 0.471. The number of hydrogen-bond donors (Lipinski definition) is 2. The monoisotopic (exact) mass is 329 g/mol. The van der Waals surface area contributed by atoms with Crippen molar-refractivity contribution in [1.29, 1.82) is 0 Å². The smallest absolute Gasteiger partial charge is 0.252 e. The van der Waals surface area contributed by atoms with Crippen molar-refractivity contribution in [2.75, 3.05) is 24.6 Å². The highest BCUT2D eigenvalue weighted by Crippen LogP contribution is 2.36. The van der Waals surface area contributed by atoms with Crippen LogP contribution in [0.25, 0.3) is 0 Å². The van der Waals surface area contributed by atoms with Crippen LogP contribution in [0.4, 0.5) is 5.69 Å². The summed E-state index contributed by atoms with van der Waals surface area (Å²) in [6.45, 7) is 5.62. The Morgan fingerprint density at radius 1 is 1.42 bits per heavy atom. The van der Waals surface area contributed by atoms with Crippen molar-refractivity contribution in [3.05, 3.63) is 42.0 Å². The normalized spacial score (nSPS) is 20.8. The van der Waals surface area contributed by atoms with E-state index in [-0.39, 0.29) is 18.4 Å². The number of pyridine rings is 1. The number of aliphatic hydroxyl groups excluding tert-OH is 1. The first-order chi connectivity index (χ1) is 11.5. The minimum Gasteiger partial charge on any atom is -0.396 e. The molecule has 7 nitrogen and oxygen atoms in total. The fourth-order valence-electron chi connectivity index (χ4n) is 3.31. The molecule has 2 atom stereocenters. The van der Waals surface area contributed by atoms with Crippen LogP contribution >= 0.6 is 0 Å². The number of carbonyl (C=O) groups excluding carboxylic acids is 1. The largest absolute Gasteiger partial charge is 0.396 e. The third kappa shape index (κ3) is 2.99. The third-order valence-corrected chi connectivity index (χ3v) is 4.66. The van der Waals surface area contributed by atoms with Crippen LogP contribution < -0.4 is 10.6 Å². The summed E-state index contributed by atoms with van der Waals surface area (Å²) >= 11 is 0. The van der Waals surface area contributed by atoms with Crippen molar-refractivity contribution < 1.29 is 9.90 Å². The van der Waals surface area contributed by atoms with Gasteiger partial charge in [0.2, 0.25) is 0 Å². The SMILES string of the molecule is CC(C)n1cc([C@@H]2CN(c3ccncc3C(N)=O)C[C@H]2CO)cn1. The standard InChI is InChI=1S/C17H23N5O2/c1-11(2)22-8-12(5-20-22)15-9-21(7-13(15)10-23)16-3-4-19-6-14(16)17(18)24/h3-6,8,11,13,15,23H,7,9-10H2,1-2H3,(H2,18,24)/t13-,15-/m0/s1. The summed E-state index contributed by atoms with van der Waals surface area (Å²) in [6.07, 6.45) is 7.07. The van der Waals surface area contributed by atoms with Gasteiger partial charge in [-0.05, 0) is 25.5 Å². The number of aliphatic hydroxyl groups is 1. The molecule has 0 bridgehead atoms. The van der Waals surface area contributed by atoms with Crippen LogP contribution in [0.1, 0.15) is 41.7 Å². The van der Waals surface area contributed by atoms with E-state index in [1.165, 1.54) is 6.20 Å². The number of carbonyl (C=O) groups is 1. The first kappa shape index (κ1) is 16.4. The zero-order chi connectivity index (χ0) is 17.3. The molecule has 1 saturated heterocycles. The second-order valence-electron chi connectivity index (χ2n) is 6.56. The van der Waals surface area contributed by atoms with Gasteiger partial charge in [-0.2, -0.15) is 5.10 Å². The molecule has 7 heteroatoms. The Labute approximate surface area is 141 Å². The van der Waals surface area contributed by atoms with E-state index in [0.29, 0.717) is 24.7 Å². The lowest BCUT2D eigenvalue weighted by molar-refractivity contribution is 0.100. The van der Waals surface area contributed by atoms with Crippen LogP contribution in [-0.2, 0) is 0 Å². The van der Waals surface area contributed by atoms with Crippen LogP contribution in [0.3, 0.4) is 0 Å². The molecule has 1 aliphatic heterocycles. The van der Waals surface area contributed by atoms with E-state index in [1.807, 2.05) is 17.1 Å². The number of amides is 1. The van der Waals surface area contributed by atoms with Crippen molar-refractivity contribution >= 4 is 11.6 Å². The highest BCUT2D eigenvalue weighted by atomic mass is 16.3. The van der Waals surface area contributed by atoms with Gasteiger partial charge in [-0.25, -0.2) is 0 Å². The predicted octanol–water partition coefficient (Wildman–Crippen LogP) is 1.17. The average Bonchev–Trinajstić information content (AvgIpc) is 3.21. The summed E-state index contributed by atoms with van der Waals surface area (Å²) in [5.41, 5.74) is 7.76. The first-order valence-corrected chi connectivity index (χ1v) is 8.15. The molecule has 3 rings (SSSR count). The highest BCUT2D eigenvalue weighted by Gasteiger charge is 2.35. The number of rotatable bonds is 5. The summed E-state index contributed by atoms with van der Waals surface area (Å²) < 4.78 is 1.92. The molecule has 2 aromatic heterocycles. The number of nitrogens with two attached hydrogens (primary N) is 1. The van der Waals surface area contributed by atoms with Gasteiger partial charge in [0, 0.05) is 56.2 Å². The Morgan fingerprint density at radius 3 is 2.83 bits per heavy atom. The molecule has 2 aromatic rings. The predicted molar refractivity (Wildman–Crippen MR) is 90.9 cm³/mol. The third-order valence-electron chi connectivity index (χ3n) is 4.66. The second kappa shape index (κ2) is 6.60. The van der Waals surface area contributed by atoms with Crippen LogP contribution in [-0.4, -0.2) is 45.5 Å². The summed E-state index contributed by atoms with van der Waals surface area (Å²) in [6, 6.07) is 2.10. The molecule has 0 aliphatic carbocycles. The molecular formula is C17H23N5O2. The average molecular weight is 329 g/mol. The Morgan fingerprint density at radius 2 is 2.21 bits per heavy atom. The van der Waals surface area contributed by atoms with Gasteiger partial charge < -0.3 is 15.7 Å². The minimum absolute atomic E-state index is 0.0868. The number of anilines is 1. The molecule has 0 unspecified atom stereocenters.